The van der Waals surface area contributed by atoms with Gasteiger partial charge in [-0.2, -0.15) is 0 Å². The van der Waals surface area contributed by atoms with Crippen molar-refractivity contribution in [3.05, 3.63) is 29.8 Å². The Hall–Kier alpha value is -1.65. The second-order valence-corrected chi connectivity index (χ2v) is 4.97. The van der Waals surface area contributed by atoms with Crippen LogP contribution in [0.4, 0.5) is 4.39 Å². The van der Waals surface area contributed by atoms with Crippen molar-refractivity contribution < 1.29 is 4.39 Å². The van der Waals surface area contributed by atoms with Crippen LogP contribution >= 0.6 is 0 Å². The molecule has 0 bridgehead atoms. The maximum atomic E-state index is 13.3. The average Bonchev–Trinajstić information content (AvgIpc) is 2.66. The van der Waals surface area contributed by atoms with E-state index in [1.165, 1.54) is 12.3 Å². The summed E-state index contributed by atoms with van der Waals surface area (Å²) >= 11 is 0. The fourth-order valence-corrected chi connectivity index (χ4v) is 2.47. The zero-order valence-corrected chi connectivity index (χ0v) is 11.0. The van der Waals surface area contributed by atoms with Crippen LogP contribution in [0.15, 0.2) is 23.5 Å². The first-order valence-electron chi connectivity index (χ1n) is 6.19. The van der Waals surface area contributed by atoms with Crippen LogP contribution in [0.5, 0.6) is 0 Å². The number of halogens is 1. The topological polar surface area (TPSA) is 54.5 Å². The second kappa shape index (κ2) is 4.55. The molecule has 0 saturated carbocycles. The van der Waals surface area contributed by atoms with Gasteiger partial charge in [-0.15, -0.1) is 0 Å². The van der Waals surface area contributed by atoms with Gasteiger partial charge in [0.1, 0.15) is 5.82 Å². The summed E-state index contributed by atoms with van der Waals surface area (Å²) in [7, 11) is 0. The molecular weight excluding hydrogens is 231 g/mol. The molecule has 1 aliphatic rings. The molecule has 0 saturated heterocycles. The van der Waals surface area contributed by atoms with E-state index >= 15 is 0 Å². The quantitative estimate of drug-likeness (QED) is 0.891. The Morgan fingerprint density at radius 3 is 2.89 bits per heavy atom. The second-order valence-electron chi connectivity index (χ2n) is 4.97. The van der Waals surface area contributed by atoms with Crippen LogP contribution in [0.1, 0.15) is 32.8 Å². The van der Waals surface area contributed by atoms with Gasteiger partial charge >= 0.3 is 0 Å². The van der Waals surface area contributed by atoms with Gasteiger partial charge in [-0.25, -0.2) is 4.39 Å². The van der Waals surface area contributed by atoms with E-state index < -0.39 is 5.54 Å². The van der Waals surface area contributed by atoms with Gasteiger partial charge in [0.05, 0.1) is 18.3 Å². The Balaban J connectivity index is 2.41. The van der Waals surface area contributed by atoms with Gasteiger partial charge in [-0.3, -0.25) is 9.98 Å². The number of guanidine groups is 1. The van der Waals surface area contributed by atoms with Crippen molar-refractivity contribution in [1.82, 2.24) is 9.88 Å². The first kappa shape index (κ1) is 12.8. The largest absolute Gasteiger partial charge is 0.370 e. The van der Waals surface area contributed by atoms with E-state index in [2.05, 4.69) is 28.7 Å². The molecule has 2 rings (SSSR count). The van der Waals surface area contributed by atoms with Gasteiger partial charge in [0.2, 0.25) is 0 Å². The van der Waals surface area contributed by atoms with Gasteiger partial charge in [0.15, 0.2) is 5.96 Å². The summed E-state index contributed by atoms with van der Waals surface area (Å²) in [6.07, 6.45) is 3.85. The highest BCUT2D eigenvalue weighted by atomic mass is 19.1. The Kier molecular flexibility index (Phi) is 3.24. The van der Waals surface area contributed by atoms with Gasteiger partial charge in [-0.05, 0) is 26.3 Å². The van der Waals surface area contributed by atoms with Crippen molar-refractivity contribution in [2.75, 3.05) is 6.54 Å². The summed E-state index contributed by atoms with van der Waals surface area (Å²) in [6, 6.07) is 1.76. The molecule has 1 aromatic rings. The van der Waals surface area contributed by atoms with E-state index in [1.54, 1.807) is 6.20 Å². The Morgan fingerprint density at radius 1 is 1.56 bits per heavy atom. The zero-order chi connectivity index (χ0) is 13.3. The summed E-state index contributed by atoms with van der Waals surface area (Å²) in [6.45, 7) is 6.76. The van der Waals surface area contributed by atoms with E-state index in [4.69, 9.17) is 5.73 Å². The maximum absolute atomic E-state index is 13.3. The molecule has 1 aromatic heterocycles. The lowest BCUT2D eigenvalue weighted by Gasteiger charge is -2.40. The minimum Gasteiger partial charge on any atom is -0.370 e. The van der Waals surface area contributed by atoms with Crippen LogP contribution < -0.4 is 5.73 Å². The third-order valence-corrected chi connectivity index (χ3v) is 3.69. The number of hydrogen-bond donors (Lipinski definition) is 1. The van der Waals surface area contributed by atoms with Gasteiger partial charge in [0, 0.05) is 17.8 Å². The average molecular weight is 250 g/mol. The molecule has 0 aromatic carbocycles. The van der Waals surface area contributed by atoms with Crippen molar-refractivity contribution in [3.8, 4) is 0 Å². The fourth-order valence-electron chi connectivity index (χ4n) is 2.47. The van der Waals surface area contributed by atoms with E-state index in [0.717, 1.165) is 12.0 Å². The molecule has 0 aliphatic carbocycles. The number of aromatic nitrogens is 1. The van der Waals surface area contributed by atoms with Crippen LogP contribution in [-0.2, 0) is 5.54 Å². The lowest BCUT2D eigenvalue weighted by Crippen LogP contribution is -2.51. The number of nitrogens with two attached hydrogens (primary N) is 1. The minimum absolute atomic E-state index is 0.254. The SMILES string of the molecule is CCC(C)N1C(N)=NCC1(C)c1cncc(F)c1. The summed E-state index contributed by atoms with van der Waals surface area (Å²) in [5.74, 6) is 0.194. The molecule has 2 N–H and O–H groups in total. The van der Waals surface area contributed by atoms with Crippen LogP contribution in [-0.4, -0.2) is 28.4 Å². The molecule has 0 fully saturated rings. The first-order valence-corrected chi connectivity index (χ1v) is 6.19. The summed E-state index contributed by atoms with van der Waals surface area (Å²) in [5, 5.41) is 0. The predicted octanol–water partition coefficient (Wildman–Crippen LogP) is 1.86. The number of nitrogens with zero attached hydrogens (tertiary/aromatic N) is 3. The molecule has 0 spiro atoms. The smallest absolute Gasteiger partial charge is 0.192 e. The highest BCUT2D eigenvalue weighted by molar-refractivity contribution is 5.81. The molecule has 4 nitrogen and oxygen atoms in total. The lowest BCUT2D eigenvalue weighted by atomic mass is 9.91. The first-order chi connectivity index (χ1) is 8.49. The summed E-state index contributed by atoms with van der Waals surface area (Å²) < 4.78 is 13.3. The van der Waals surface area contributed by atoms with Crippen LogP contribution in [0, 0.1) is 5.82 Å². The van der Waals surface area contributed by atoms with Gasteiger partial charge in [0.25, 0.3) is 0 Å². The highest BCUT2D eigenvalue weighted by Gasteiger charge is 2.41. The standard InChI is InChI=1S/C13H19FN4/c1-4-9(2)18-12(15)17-8-13(18,3)10-5-11(14)7-16-6-10/h5-7,9H,4,8H2,1-3H3,(H2,15,17). The lowest BCUT2D eigenvalue weighted by molar-refractivity contribution is 0.170. The molecule has 5 heteroatoms. The minimum atomic E-state index is -0.408. The van der Waals surface area contributed by atoms with E-state index in [0.29, 0.717) is 12.5 Å². The molecule has 2 atom stereocenters. The number of hydrogen-bond acceptors (Lipinski definition) is 4. The normalized spacial score (nSPS) is 25.1. The monoisotopic (exact) mass is 250 g/mol. The number of rotatable bonds is 3. The van der Waals surface area contributed by atoms with Crippen LogP contribution in [0.3, 0.4) is 0 Å². The number of pyridine rings is 1. The molecule has 0 amide bonds. The highest BCUT2D eigenvalue weighted by Crippen LogP contribution is 2.34. The predicted molar refractivity (Wildman–Crippen MR) is 69.6 cm³/mol. The molecule has 0 radical (unpaired) electrons. The zero-order valence-electron chi connectivity index (χ0n) is 11.0. The third kappa shape index (κ3) is 1.94. The summed E-state index contributed by atoms with van der Waals surface area (Å²) in [5.41, 5.74) is 6.37. The van der Waals surface area contributed by atoms with Crippen molar-refractivity contribution >= 4 is 5.96 Å². The van der Waals surface area contributed by atoms with Gasteiger partial charge < -0.3 is 10.6 Å². The molecule has 2 unspecified atom stereocenters. The van der Waals surface area contributed by atoms with Crippen molar-refractivity contribution in [1.29, 1.82) is 0 Å². The van der Waals surface area contributed by atoms with Crippen molar-refractivity contribution in [2.45, 2.75) is 38.8 Å². The number of aliphatic imine (C=N–C) groups is 1. The van der Waals surface area contributed by atoms with Crippen molar-refractivity contribution in [2.24, 2.45) is 10.7 Å². The third-order valence-electron chi connectivity index (χ3n) is 3.69. The van der Waals surface area contributed by atoms with E-state index in [-0.39, 0.29) is 11.9 Å². The molecule has 2 heterocycles. The molecular formula is C13H19FN4. The molecule has 98 valence electrons. The van der Waals surface area contributed by atoms with Crippen molar-refractivity contribution in [3.63, 3.8) is 0 Å². The fraction of sp³-hybridized carbons (Fsp3) is 0.538. The van der Waals surface area contributed by atoms with E-state index in [1.807, 2.05) is 6.92 Å². The van der Waals surface area contributed by atoms with E-state index in [9.17, 15) is 4.39 Å². The Morgan fingerprint density at radius 2 is 2.28 bits per heavy atom. The van der Waals surface area contributed by atoms with Crippen LogP contribution in [0.25, 0.3) is 0 Å². The maximum Gasteiger partial charge on any atom is 0.192 e. The Bertz CT molecular complexity index is 474. The summed E-state index contributed by atoms with van der Waals surface area (Å²) in [4.78, 5) is 10.3. The van der Waals surface area contributed by atoms with Gasteiger partial charge in [-0.1, -0.05) is 6.92 Å². The van der Waals surface area contributed by atoms with Crippen LogP contribution in [0.2, 0.25) is 0 Å². The molecule has 18 heavy (non-hydrogen) atoms. The Labute approximate surface area is 107 Å². The molecule has 1 aliphatic heterocycles.